The maximum atomic E-state index is 13.2. The van der Waals surface area contributed by atoms with Gasteiger partial charge in [-0.05, 0) is 42.3 Å². The topological polar surface area (TPSA) is 114 Å². The molecule has 9 heteroatoms. The van der Waals surface area contributed by atoms with Crippen LogP contribution in [0, 0.1) is 5.92 Å². The van der Waals surface area contributed by atoms with Gasteiger partial charge in [0, 0.05) is 31.9 Å². The first-order valence-electron chi connectivity index (χ1n) is 9.50. The van der Waals surface area contributed by atoms with Gasteiger partial charge in [0.2, 0.25) is 11.9 Å². The summed E-state index contributed by atoms with van der Waals surface area (Å²) >= 11 is 1.45. The van der Waals surface area contributed by atoms with E-state index in [0.717, 1.165) is 22.2 Å². The zero-order valence-corrected chi connectivity index (χ0v) is 16.9. The van der Waals surface area contributed by atoms with Crippen LogP contribution in [-0.4, -0.2) is 44.8 Å². The number of primary amides is 1. The van der Waals surface area contributed by atoms with Crippen molar-refractivity contribution in [1.82, 2.24) is 19.9 Å². The molecule has 0 spiro atoms. The molecule has 3 N–H and O–H groups in total. The summed E-state index contributed by atoms with van der Waals surface area (Å²) in [7, 11) is 0. The predicted octanol–water partition coefficient (Wildman–Crippen LogP) is 2.60. The summed E-state index contributed by atoms with van der Waals surface area (Å²) in [4.78, 5) is 39.4. The molecule has 0 saturated carbocycles. The summed E-state index contributed by atoms with van der Waals surface area (Å²) < 4.78 is 0.771. The number of nitrogens with two attached hydrogens (primary N) is 1. The number of nitrogens with zero attached hydrogens (tertiary/aromatic N) is 4. The number of thiophene rings is 1. The number of hydrogen-bond donors (Lipinski definition) is 2. The highest BCUT2D eigenvalue weighted by Gasteiger charge is 2.30. The quantitative estimate of drug-likeness (QED) is 0.646. The van der Waals surface area contributed by atoms with Crippen LogP contribution in [0.1, 0.15) is 41.9 Å². The van der Waals surface area contributed by atoms with Gasteiger partial charge in [0.25, 0.3) is 5.91 Å². The fourth-order valence-electron chi connectivity index (χ4n) is 3.60. The number of aromatic nitrogens is 3. The molecule has 2 atom stereocenters. The van der Waals surface area contributed by atoms with E-state index in [9.17, 15) is 9.59 Å². The van der Waals surface area contributed by atoms with Gasteiger partial charge >= 0.3 is 0 Å². The fraction of sp³-hybridized carbons (Fsp3) is 0.350. The van der Waals surface area contributed by atoms with E-state index in [-0.39, 0.29) is 23.8 Å². The minimum Gasteiger partial charge on any atom is -0.370 e. The second kappa shape index (κ2) is 8.12. The third kappa shape index (κ3) is 4.19. The molecule has 29 heavy (non-hydrogen) atoms. The highest BCUT2D eigenvalue weighted by molar-refractivity contribution is 7.17. The average molecular weight is 411 g/mol. The number of pyridine rings is 1. The maximum Gasteiger partial charge on any atom is 0.274 e. The van der Waals surface area contributed by atoms with Crippen molar-refractivity contribution in [2.75, 3.05) is 18.4 Å². The first kappa shape index (κ1) is 19.3. The molecule has 1 fully saturated rings. The summed E-state index contributed by atoms with van der Waals surface area (Å²) in [6.45, 7) is 3.12. The van der Waals surface area contributed by atoms with Crippen LogP contribution in [0.2, 0.25) is 0 Å². The predicted molar refractivity (Wildman–Crippen MR) is 112 cm³/mol. The van der Waals surface area contributed by atoms with Crippen molar-refractivity contribution in [2.24, 2.45) is 11.7 Å². The Hall–Kier alpha value is -3.07. The first-order chi connectivity index (χ1) is 14.0. The van der Waals surface area contributed by atoms with Gasteiger partial charge in [-0.25, -0.2) is 9.97 Å². The van der Waals surface area contributed by atoms with Gasteiger partial charge in [-0.2, -0.15) is 0 Å². The number of likely N-dealkylation sites (tertiary alicyclic amines) is 1. The number of carbonyl (C=O) groups excluding carboxylic acids is 2. The Morgan fingerprint density at radius 1 is 1.38 bits per heavy atom. The Kier molecular flexibility index (Phi) is 5.39. The number of anilines is 1. The number of rotatable bonds is 6. The van der Waals surface area contributed by atoms with Crippen LogP contribution in [0.15, 0.2) is 36.0 Å². The second-order valence-corrected chi connectivity index (χ2v) is 8.18. The van der Waals surface area contributed by atoms with Crippen molar-refractivity contribution < 1.29 is 9.59 Å². The van der Waals surface area contributed by atoms with Crippen LogP contribution in [0.5, 0.6) is 0 Å². The van der Waals surface area contributed by atoms with E-state index >= 15 is 0 Å². The molecular weight excluding hydrogens is 388 g/mol. The van der Waals surface area contributed by atoms with Crippen LogP contribution >= 0.6 is 11.3 Å². The van der Waals surface area contributed by atoms with Gasteiger partial charge in [-0.1, -0.05) is 6.07 Å². The van der Waals surface area contributed by atoms with E-state index in [2.05, 4.69) is 20.3 Å². The van der Waals surface area contributed by atoms with Crippen molar-refractivity contribution in [3.05, 3.63) is 47.2 Å². The lowest BCUT2D eigenvalue weighted by Gasteiger charge is -2.18. The molecule has 1 aliphatic rings. The monoisotopic (exact) mass is 410 g/mol. The third-order valence-corrected chi connectivity index (χ3v) is 6.01. The Morgan fingerprint density at radius 2 is 2.24 bits per heavy atom. The van der Waals surface area contributed by atoms with Gasteiger partial charge in [-0.3, -0.25) is 14.6 Å². The molecular formula is C20H22N6O2S. The van der Waals surface area contributed by atoms with Crippen LogP contribution in [0.25, 0.3) is 10.2 Å². The zero-order valence-electron chi connectivity index (χ0n) is 16.0. The van der Waals surface area contributed by atoms with Crippen molar-refractivity contribution >= 4 is 39.3 Å². The van der Waals surface area contributed by atoms with Gasteiger partial charge in [0.15, 0.2) is 5.69 Å². The summed E-state index contributed by atoms with van der Waals surface area (Å²) in [6, 6.07) is 5.68. The molecule has 2 amide bonds. The molecule has 1 aliphatic heterocycles. The molecule has 1 saturated heterocycles. The number of hydrogen-bond acceptors (Lipinski definition) is 7. The first-order valence-corrected chi connectivity index (χ1v) is 10.4. The maximum absolute atomic E-state index is 13.2. The molecule has 4 rings (SSSR count). The molecule has 3 aromatic rings. The molecule has 4 heterocycles. The smallest absolute Gasteiger partial charge is 0.274 e. The highest BCUT2D eigenvalue weighted by atomic mass is 32.1. The zero-order chi connectivity index (χ0) is 20.4. The Bertz CT molecular complexity index is 1040. The Balaban J connectivity index is 1.58. The van der Waals surface area contributed by atoms with Crippen LogP contribution in [0.4, 0.5) is 5.95 Å². The van der Waals surface area contributed by atoms with Gasteiger partial charge < -0.3 is 16.0 Å². The lowest BCUT2D eigenvalue weighted by molar-refractivity contribution is -0.118. The lowest BCUT2D eigenvalue weighted by atomic mass is 10.1. The van der Waals surface area contributed by atoms with Crippen molar-refractivity contribution in [2.45, 2.75) is 25.8 Å². The van der Waals surface area contributed by atoms with Crippen LogP contribution in [0.3, 0.4) is 0 Å². The molecule has 8 nitrogen and oxygen atoms in total. The minimum atomic E-state index is -0.331. The van der Waals surface area contributed by atoms with E-state index in [1.807, 2.05) is 30.5 Å². The summed E-state index contributed by atoms with van der Waals surface area (Å²) in [5.74, 6) is 0.0514. The van der Waals surface area contributed by atoms with Gasteiger partial charge in [-0.15, -0.1) is 11.3 Å². The normalized spacial score (nSPS) is 17.4. The molecule has 0 bridgehead atoms. The molecule has 150 valence electrons. The highest BCUT2D eigenvalue weighted by Crippen LogP contribution is 2.28. The molecule has 3 aromatic heterocycles. The minimum absolute atomic E-state index is 0.0607. The lowest BCUT2D eigenvalue weighted by Crippen LogP contribution is -2.30. The fourth-order valence-corrected chi connectivity index (χ4v) is 4.41. The van der Waals surface area contributed by atoms with Crippen LogP contribution < -0.4 is 11.1 Å². The number of amides is 2. The SMILES string of the molecule is C[C@H](Nc1nc(C(=O)N2CC[C@@H](CC(N)=O)C2)c2sccc2n1)c1cccnc1. The van der Waals surface area contributed by atoms with Crippen molar-refractivity contribution in [1.29, 1.82) is 0 Å². The molecule has 0 unspecified atom stereocenters. The van der Waals surface area contributed by atoms with E-state index in [4.69, 9.17) is 5.73 Å². The number of fused-ring (bicyclic) bond motifs is 1. The summed E-state index contributed by atoms with van der Waals surface area (Å²) in [5.41, 5.74) is 7.44. The van der Waals surface area contributed by atoms with E-state index in [0.29, 0.717) is 31.2 Å². The summed E-state index contributed by atoms with van der Waals surface area (Å²) in [6.07, 6.45) is 4.59. The van der Waals surface area contributed by atoms with E-state index in [1.54, 1.807) is 17.3 Å². The standard InChI is InChI=1S/C20H22N6O2S/c1-12(14-3-2-6-22-10-14)23-20-24-15-5-8-29-18(15)17(25-20)19(28)26-7-4-13(11-26)9-16(21)27/h2-3,5-6,8,10,12-13H,4,7,9,11H2,1H3,(H2,21,27)(H,23,24,25)/t12-,13-/m0/s1. The van der Waals surface area contributed by atoms with E-state index < -0.39 is 0 Å². The molecule has 0 radical (unpaired) electrons. The summed E-state index contributed by atoms with van der Waals surface area (Å²) in [5, 5.41) is 5.18. The van der Waals surface area contributed by atoms with Crippen molar-refractivity contribution in [3.63, 3.8) is 0 Å². The van der Waals surface area contributed by atoms with Gasteiger partial charge in [0.05, 0.1) is 16.3 Å². The number of carbonyl (C=O) groups is 2. The van der Waals surface area contributed by atoms with Gasteiger partial charge in [0.1, 0.15) is 0 Å². The van der Waals surface area contributed by atoms with Crippen molar-refractivity contribution in [3.8, 4) is 0 Å². The Morgan fingerprint density at radius 3 is 3.00 bits per heavy atom. The number of nitrogens with one attached hydrogen (secondary N) is 1. The second-order valence-electron chi connectivity index (χ2n) is 7.26. The van der Waals surface area contributed by atoms with E-state index in [1.165, 1.54) is 11.3 Å². The Labute approximate surface area is 172 Å². The van der Waals surface area contributed by atoms with Crippen LogP contribution in [-0.2, 0) is 4.79 Å². The molecule has 0 aliphatic carbocycles. The molecule has 0 aromatic carbocycles. The largest absolute Gasteiger partial charge is 0.370 e. The average Bonchev–Trinajstić information content (AvgIpc) is 3.36. The third-order valence-electron chi connectivity index (χ3n) is 5.10.